The zero-order chi connectivity index (χ0) is 17.9. The molecule has 25 heavy (non-hydrogen) atoms. The highest BCUT2D eigenvalue weighted by atomic mass is 32.2. The van der Waals surface area contributed by atoms with Crippen LogP contribution in [0.15, 0.2) is 47.8 Å². The molecule has 0 aromatic carbocycles. The number of hydrogen-bond donors (Lipinski definition) is 3. The standard InChI is InChI=1S/C16H18N6O2S/c1-11-16(12(2)21-20-11)25(23,24)22-14-5-6-15(19-10-14)18-9-13-4-3-7-17-8-13/h3-8,10,22H,9H2,1-2H3,(H,18,19)(H,20,21). The molecule has 0 spiro atoms. The lowest BCUT2D eigenvalue weighted by Gasteiger charge is -2.09. The summed E-state index contributed by atoms with van der Waals surface area (Å²) in [5.74, 6) is 0.641. The van der Waals surface area contributed by atoms with Gasteiger partial charge in [-0.3, -0.25) is 14.8 Å². The molecule has 0 saturated carbocycles. The molecule has 0 aliphatic carbocycles. The second kappa shape index (κ2) is 6.89. The molecule has 0 fully saturated rings. The van der Waals surface area contributed by atoms with Crippen LogP contribution in [0.25, 0.3) is 0 Å². The highest BCUT2D eigenvalue weighted by Gasteiger charge is 2.22. The topological polar surface area (TPSA) is 113 Å². The third-order valence-corrected chi connectivity index (χ3v) is 5.18. The van der Waals surface area contributed by atoms with Crippen LogP contribution < -0.4 is 10.0 Å². The van der Waals surface area contributed by atoms with Crippen molar-refractivity contribution in [1.29, 1.82) is 0 Å². The Labute approximate surface area is 145 Å². The van der Waals surface area contributed by atoms with E-state index in [1.165, 1.54) is 6.20 Å². The molecule has 3 aromatic rings. The van der Waals surface area contributed by atoms with E-state index in [0.29, 0.717) is 29.4 Å². The third-order valence-electron chi connectivity index (χ3n) is 3.54. The van der Waals surface area contributed by atoms with E-state index in [9.17, 15) is 8.42 Å². The molecule has 0 saturated heterocycles. The van der Waals surface area contributed by atoms with E-state index in [0.717, 1.165) is 5.56 Å². The van der Waals surface area contributed by atoms with Crippen LogP contribution in [-0.2, 0) is 16.6 Å². The van der Waals surface area contributed by atoms with Gasteiger partial charge in [-0.2, -0.15) is 5.10 Å². The van der Waals surface area contributed by atoms with Gasteiger partial charge in [0.15, 0.2) is 0 Å². The number of aryl methyl sites for hydroxylation is 2. The number of pyridine rings is 2. The van der Waals surface area contributed by atoms with Crippen LogP contribution in [0.3, 0.4) is 0 Å². The molecular weight excluding hydrogens is 340 g/mol. The molecule has 0 radical (unpaired) electrons. The van der Waals surface area contributed by atoms with Crippen molar-refractivity contribution < 1.29 is 8.42 Å². The summed E-state index contributed by atoms with van der Waals surface area (Å²) in [6.07, 6.45) is 4.95. The molecule has 9 heteroatoms. The third kappa shape index (κ3) is 3.94. The van der Waals surface area contributed by atoms with Gasteiger partial charge in [0, 0.05) is 18.9 Å². The van der Waals surface area contributed by atoms with E-state index in [2.05, 4.69) is 30.2 Å². The smallest absolute Gasteiger partial charge is 0.265 e. The number of rotatable bonds is 6. The van der Waals surface area contributed by atoms with E-state index in [1.54, 1.807) is 38.4 Å². The van der Waals surface area contributed by atoms with Crippen LogP contribution in [0.2, 0.25) is 0 Å². The number of hydrogen-bond acceptors (Lipinski definition) is 6. The van der Waals surface area contributed by atoms with Crippen molar-refractivity contribution in [2.24, 2.45) is 0 Å². The molecule has 0 unspecified atom stereocenters. The van der Waals surface area contributed by atoms with Crippen molar-refractivity contribution in [2.45, 2.75) is 25.3 Å². The number of H-pyrrole nitrogens is 1. The maximum Gasteiger partial charge on any atom is 0.265 e. The van der Waals surface area contributed by atoms with E-state index >= 15 is 0 Å². The first-order valence-electron chi connectivity index (χ1n) is 7.59. The lowest BCUT2D eigenvalue weighted by molar-refractivity contribution is 0.600. The minimum Gasteiger partial charge on any atom is -0.366 e. The first-order chi connectivity index (χ1) is 12.0. The first kappa shape index (κ1) is 16.9. The number of sulfonamides is 1. The van der Waals surface area contributed by atoms with Gasteiger partial charge in [0.25, 0.3) is 10.0 Å². The van der Waals surface area contributed by atoms with Crippen molar-refractivity contribution >= 4 is 21.5 Å². The predicted molar refractivity (Wildman–Crippen MR) is 94.7 cm³/mol. The molecule has 8 nitrogen and oxygen atoms in total. The van der Waals surface area contributed by atoms with Crippen LogP contribution in [0.5, 0.6) is 0 Å². The Morgan fingerprint density at radius 1 is 1.16 bits per heavy atom. The summed E-state index contributed by atoms with van der Waals surface area (Å²) < 4.78 is 27.5. The largest absolute Gasteiger partial charge is 0.366 e. The maximum atomic E-state index is 12.5. The average molecular weight is 358 g/mol. The summed E-state index contributed by atoms with van der Waals surface area (Å²) in [5, 5.41) is 9.74. The van der Waals surface area contributed by atoms with Gasteiger partial charge in [0.1, 0.15) is 10.7 Å². The molecule has 0 atom stereocenters. The molecule has 3 rings (SSSR count). The van der Waals surface area contributed by atoms with Crippen LogP contribution >= 0.6 is 0 Å². The Balaban J connectivity index is 1.68. The van der Waals surface area contributed by atoms with Gasteiger partial charge in [-0.25, -0.2) is 13.4 Å². The highest BCUT2D eigenvalue weighted by Crippen LogP contribution is 2.21. The summed E-state index contributed by atoms with van der Waals surface area (Å²) in [6, 6.07) is 7.18. The summed E-state index contributed by atoms with van der Waals surface area (Å²) in [6.45, 7) is 3.89. The number of nitrogens with one attached hydrogen (secondary N) is 3. The van der Waals surface area contributed by atoms with E-state index in [-0.39, 0.29) is 4.90 Å². The predicted octanol–water partition coefficient (Wildman–Crippen LogP) is 2.23. The van der Waals surface area contributed by atoms with Crippen molar-refractivity contribution in [3.05, 3.63) is 59.8 Å². The molecule has 3 N–H and O–H groups in total. The molecule has 0 amide bonds. The first-order valence-corrected chi connectivity index (χ1v) is 9.07. The number of anilines is 2. The molecule has 0 bridgehead atoms. The van der Waals surface area contributed by atoms with Gasteiger partial charge in [0.05, 0.1) is 23.3 Å². The van der Waals surface area contributed by atoms with Gasteiger partial charge in [-0.15, -0.1) is 0 Å². The fraction of sp³-hybridized carbons (Fsp3) is 0.188. The van der Waals surface area contributed by atoms with Gasteiger partial charge in [-0.1, -0.05) is 6.07 Å². The van der Waals surface area contributed by atoms with Crippen LogP contribution in [0.1, 0.15) is 17.0 Å². The molecule has 3 aromatic heterocycles. The van der Waals surface area contributed by atoms with Gasteiger partial charge < -0.3 is 5.32 Å². The zero-order valence-electron chi connectivity index (χ0n) is 13.8. The van der Waals surface area contributed by atoms with Crippen LogP contribution in [0, 0.1) is 13.8 Å². The Bertz CT molecular complexity index is 933. The molecule has 130 valence electrons. The zero-order valence-corrected chi connectivity index (χ0v) is 14.6. The summed E-state index contributed by atoms with van der Waals surface area (Å²) >= 11 is 0. The molecular formula is C16H18N6O2S. The number of aromatic nitrogens is 4. The maximum absolute atomic E-state index is 12.5. The van der Waals surface area contributed by atoms with Crippen LogP contribution in [0.4, 0.5) is 11.5 Å². The molecule has 3 heterocycles. The van der Waals surface area contributed by atoms with Crippen molar-refractivity contribution in [3.63, 3.8) is 0 Å². The monoisotopic (exact) mass is 358 g/mol. The van der Waals surface area contributed by atoms with Gasteiger partial charge in [-0.05, 0) is 37.6 Å². The average Bonchev–Trinajstić information content (AvgIpc) is 2.94. The van der Waals surface area contributed by atoms with E-state index < -0.39 is 10.0 Å². The highest BCUT2D eigenvalue weighted by molar-refractivity contribution is 7.92. The SMILES string of the molecule is Cc1n[nH]c(C)c1S(=O)(=O)Nc1ccc(NCc2cccnc2)nc1. The number of nitrogens with zero attached hydrogens (tertiary/aromatic N) is 3. The Kier molecular flexibility index (Phi) is 4.66. The van der Waals surface area contributed by atoms with Crippen molar-refractivity contribution in [1.82, 2.24) is 20.2 Å². The number of aromatic amines is 1. The quantitative estimate of drug-likeness (QED) is 0.623. The normalized spacial score (nSPS) is 11.3. The summed E-state index contributed by atoms with van der Waals surface area (Å²) in [5.41, 5.74) is 2.33. The van der Waals surface area contributed by atoms with E-state index in [1.807, 2.05) is 12.1 Å². The summed E-state index contributed by atoms with van der Waals surface area (Å²) in [4.78, 5) is 8.43. The Morgan fingerprint density at radius 3 is 2.60 bits per heavy atom. The fourth-order valence-corrected chi connectivity index (χ4v) is 3.81. The molecule has 0 aliphatic rings. The van der Waals surface area contributed by atoms with E-state index in [4.69, 9.17) is 0 Å². The minimum absolute atomic E-state index is 0.159. The second-order valence-electron chi connectivity index (χ2n) is 5.52. The van der Waals surface area contributed by atoms with Crippen LogP contribution in [-0.4, -0.2) is 28.6 Å². The second-order valence-corrected chi connectivity index (χ2v) is 7.13. The molecule has 0 aliphatic heterocycles. The Hall–Kier alpha value is -2.94. The fourth-order valence-electron chi connectivity index (χ4n) is 2.40. The van der Waals surface area contributed by atoms with Crippen molar-refractivity contribution in [3.8, 4) is 0 Å². The lowest BCUT2D eigenvalue weighted by atomic mass is 10.3. The lowest BCUT2D eigenvalue weighted by Crippen LogP contribution is -2.14. The Morgan fingerprint density at radius 2 is 2.00 bits per heavy atom. The van der Waals surface area contributed by atoms with Crippen molar-refractivity contribution in [2.75, 3.05) is 10.0 Å². The van der Waals surface area contributed by atoms with Gasteiger partial charge >= 0.3 is 0 Å². The van der Waals surface area contributed by atoms with Gasteiger partial charge in [0.2, 0.25) is 0 Å². The summed E-state index contributed by atoms with van der Waals surface area (Å²) in [7, 11) is -3.71. The minimum atomic E-state index is -3.71.